The number of anilines is 1. The Balaban J connectivity index is 2.12. The van der Waals surface area contributed by atoms with E-state index in [9.17, 15) is 0 Å². The van der Waals surface area contributed by atoms with Crippen LogP contribution in [0.4, 0.5) is 5.13 Å². The molecule has 5 heteroatoms. The molecule has 1 fully saturated rings. The van der Waals surface area contributed by atoms with E-state index in [-0.39, 0.29) is 0 Å². The average Bonchev–Trinajstić information content (AvgIpc) is 2.63. The predicted molar refractivity (Wildman–Crippen MR) is 63.3 cm³/mol. The van der Waals surface area contributed by atoms with E-state index < -0.39 is 0 Å². The molecule has 0 amide bonds. The Morgan fingerprint density at radius 3 is 3.14 bits per heavy atom. The molecule has 0 saturated carbocycles. The number of aromatic nitrogens is 2. The Bertz CT molecular complexity index is 265. The molecule has 2 rings (SSSR count). The van der Waals surface area contributed by atoms with Crippen molar-refractivity contribution in [2.24, 2.45) is 0 Å². The van der Waals surface area contributed by atoms with Gasteiger partial charge in [-0.25, -0.2) is 4.98 Å². The third-order valence-electron chi connectivity index (χ3n) is 2.65. The maximum atomic E-state index is 4.29. The van der Waals surface area contributed by atoms with Crippen LogP contribution in [0.2, 0.25) is 0 Å². The summed E-state index contributed by atoms with van der Waals surface area (Å²) in [5, 5.41) is 2.11. The number of alkyl halides is 1. The summed E-state index contributed by atoms with van der Waals surface area (Å²) in [5.41, 5.74) is 0. The highest BCUT2D eigenvalue weighted by Crippen LogP contribution is 2.25. The number of nitrogens with zero attached hydrogens (tertiary/aromatic N) is 3. The van der Waals surface area contributed by atoms with E-state index in [1.54, 1.807) is 6.33 Å². The molecule has 1 aromatic heterocycles. The molecular weight excluding hydrogens is 262 g/mol. The first-order valence-electron chi connectivity index (χ1n) is 5.01. The van der Waals surface area contributed by atoms with Crippen LogP contribution in [-0.2, 0) is 0 Å². The minimum absolute atomic E-state index is 0.602. The Labute approximate surface area is 96.8 Å². The highest BCUT2D eigenvalue weighted by atomic mass is 79.9. The van der Waals surface area contributed by atoms with Gasteiger partial charge in [-0.05, 0) is 12.8 Å². The normalized spacial score (nSPS) is 23.5. The van der Waals surface area contributed by atoms with Gasteiger partial charge in [-0.2, -0.15) is 4.37 Å². The predicted octanol–water partition coefficient (Wildman–Crippen LogP) is 2.68. The van der Waals surface area contributed by atoms with Crippen LogP contribution in [0.5, 0.6) is 0 Å². The van der Waals surface area contributed by atoms with E-state index in [2.05, 4.69) is 30.2 Å². The molecule has 14 heavy (non-hydrogen) atoms. The molecular formula is C9H14BrN3S. The van der Waals surface area contributed by atoms with Crippen molar-refractivity contribution in [3.63, 3.8) is 0 Å². The van der Waals surface area contributed by atoms with Crippen LogP contribution in [0.3, 0.4) is 0 Å². The van der Waals surface area contributed by atoms with Gasteiger partial charge in [0.25, 0.3) is 0 Å². The van der Waals surface area contributed by atoms with Gasteiger partial charge >= 0.3 is 0 Å². The fraction of sp³-hybridized carbons (Fsp3) is 0.778. The lowest BCUT2D eigenvalue weighted by Crippen LogP contribution is -2.35. The summed E-state index contributed by atoms with van der Waals surface area (Å²) >= 11 is 5.09. The molecule has 1 aromatic rings. The summed E-state index contributed by atoms with van der Waals surface area (Å²) in [7, 11) is 0. The van der Waals surface area contributed by atoms with E-state index >= 15 is 0 Å². The van der Waals surface area contributed by atoms with Gasteiger partial charge < -0.3 is 4.90 Å². The van der Waals surface area contributed by atoms with Gasteiger partial charge in [-0.3, -0.25) is 0 Å². The average molecular weight is 276 g/mol. The quantitative estimate of drug-likeness (QED) is 0.778. The van der Waals surface area contributed by atoms with Crippen LogP contribution in [0.1, 0.15) is 25.7 Å². The Morgan fingerprint density at radius 2 is 2.43 bits per heavy atom. The zero-order valence-corrected chi connectivity index (χ0v) is 10.4. The summed E-state index contributed by atoms with van der Waals surface area (Å²) in [4.78, 5) is 6.69. The van der Waals surface area contributed by atoms with Crippen molar-refractivity contribution < 1.29 is 0 Å². The number of halogens is 1. The molecule has 0 aliphatic carbocycles. The maximum absolute atomic E-state index is 4.29. The van der Waals surface area contributed by atoms with E-state index in [0.717, 1.165) is 17.0 Å². The second-order valence-electron chi connectivity index (χ2n) is 3.57. The summed E-state index contributed by atoms with van der Waals surface area (Å²) in [5.74, 6) is 0. The molecule has 0 spiro atoms. The van der Waals surface area contributed by atoms with E-state index in [1.807, 2.05) is 0 Å². The topological polar surface area (TPSA) is 29.0 Å². The molecule has 1 unspecified atom stereocenters. The van der Waals surface area contributed by atoms with Crippen molar-refractivity contribution in [1.29, 1.82) is 0 Å². The zero-order chi connectivity index (χ0) is 9.80. The molecule has 0 radical (unpaired) electrons. The summed E-state index contributed by atoms with van der Waals surface area (Å²) in [6.07, 6.45) is 6.88. The van der Waals surface area contributed by atoms with Crippen LogP contribution in [0.15, 0.2) is 6.33 Å². The lowest BCUT2D eigenvalue weighted by atomic mass is 10.1. The number of hydrogen-bond acceptors (Lipinski definition) is 4. The van der Waals surface area contributed by atoms with Crippen molar-refractivity contribution in [2.45, 2.75) is 31.7 Å². The van der Waals surface area contributed by atoms with Crippen LogP contribution in [-0.4, -0.2) is 27.3 Å². The molecule has 1 aliphatic rings. The third-order valence-corrected chi connectivity index (χ3v) is 4.10. The van der Waals surface area contributed by atoms with Crippen LogP contribution < -0.4 is 4.90 Å². The first-order valence-corrected chi connectivity index (χ1v) is 6.90. The largest absolute Gasteiger partial charge is 0.343 e. The van der Waals surface area contributed by atoms with Crippen LogP contribution in [0, 0.1) is 0 Å². The Kier molecular flexibility index (Phi) is 3.75. The number of hydrogen-bond donors (Lipinski definition) is 0. The van der Waals surface area contributed by atoms with Crippen molar-refractivity contribution in [3.8, 4) is 0 Å². The minimum Gasteiger partial charge on any atom is -0.343 e. The summed E-state index contributed by atoms with van der Waals surface area (Å²) in [6.45, 7) is 1.13. The van der Waals surface area contributed by atoms with Crippen molar-refractivity contribution in [1.82, 2.24) is 9.36 Å². The lowest BCUT2D eigenvalue weighted by Gasteiger charge is -2.27. The molecule has 0 aromatic carbocycles. The molecule has 1 saturated heterocycles. The summed E-state index contributed by atoms with van der Waals surface area (Å²) < 4.78 is 4.07. The smallest absolute Gasteiger partial charge is 0.205 e. The Morgan fingerprint density at radius 1 is 1.50 bits per heavy atom. The zero-order valence-electron chi connectivity index (χ0n) is 8.03. The van der Waals surface area contributed by atoms with Gasteiger partial charge in [-0.15, -0.1) is 0 Å². The third kappa shape index (κ3) is 2.25. The molecule has 1 atom stereocenters. The first kappa shape index (κ1) is 10.4. The fourth-order valence-electron chi connectivity index (χ4n) is 1.88. The molecule has 0 N–H and O–H groups in total. The number of rotatable bonds is 2. The highest BCUT2D eigenvalue weighted by Gasteiger charge is 2.21. The fourth-order valence-corrected chi connectivity index (χ4v) is 3.18. The molecule has 3 nitrogen and oxygen atoms in total. The second kappa shape index (κ2) is 5.07. The van der Waals surface area contributed by atoms with Gasteiger partial charge in [0.05, 0.1) is 0 Å². The first-order chi connectivity index (χ1) is 6.92. The van der Waals surface area contributed by atoms with Crippen molar-refractivity contribution in [3.05, 3.63) is 6.33 Å². The van der Waals surface area contributed by atoms with Gasteiger partial charge in [0.15, 0.2) is 0 Å². The molecule has 2 heterocycles. The monoisotopic (exact) mass is 275 g/mol. The molecule has 0 bridgehead atoms. The van der Waals surface area contributed by atoms with Gasteiger partial charge in [0.1, 0.15) is 6.33 Å². The van der Waals surface area contributed by atoms with Crippen molar-refractivity contribution >= 4 is 32.6 Å². The second-order valence-corrected chi connectivity index (χ2v) is 4.98. The van der Waals surface area contributed by atoms with Crippen molar-refractivity contribution in [2.75, 3.05) is 16.8 Å². The highest BCUT2D eigenvalue weighted by molar-refractivity contribution is 9.09. The van der Waals surface area contributed by atoms with Gasteiger partial charge in [0.2, 0.25) is 5.13 Å². The maximum Gasteiger partial charge on any atom is 0.205 e. The molecule has 1 aliphatic heterocycles. The lowest BCUT2D eigenvalue weighted by molar-refractivity contribution is 0.625. The van der Waals surface area contributed by atoms with Gasteiger partial charge in [0, 0.05) is 29.4 Å². The van der Waals surface area contributed by atoms with Crippen LogP contribution in [0.25, 0.3) is 0 Å². The minimum atomic E-state index is 0.602. The van der Waals surface area contributed by atoms with E-state index in [0.29, 0.717) is 6.04 Å². The van der Waals surface area contributed by atoms with E-state index in [4.69, 9.17) is 0 Å². The molecule has 78 valence electrons. The SMILES string of the molecule is BrCC1CCCCCN1c1ncns1. The van der Waals surface area contributed by atoms with Gasteiger partial charge in [-0.1, -0.05) is 28.8 Å². The summed E-state index contributed by atoms with van der Waals surface area (Å²) in [6, 6.07) is 0.602. The Hall–Kier alpha value is -0.160. The standard InChI is InChI=1S/C9H14BrN3S/c10-6-8-4-2-1-3-5-13(8)9-11-7-12-14-9/h7-8H,1-6H2. The van der Waals surface area contributed by atoms with Crippen LogP contribution >= 0.6 is 27.5 Å². The van der Waals surface area contributed by atoms with E-state index in [1.165, 1.54) is 37.2 Å².